The van der Waals surface area contributed by atoms with E-state index in [0.29, 0.717) is 0 Å². The average molecular weight is 418 g/mol. The lowest BCUT2D eigenvalue weighted by atomic mass is 10.1. The predicted octanol–water partition coefficient (Wildman–Crippen LogP) is 5.93. The van der Waals surface area contributed by atoms with E-state index < -0.39 is 0 Å². The van der Waals surface area contributed by atoms with Crippen LogP contribution in [0.2, 0.25) is 0 Å². The fourth-order valence-corrected chi connectivity index (χ4v) is 3.95. The van der Waals surface area contributed by atoms with Gasteiger partial charge in [-0.1, -0.05) is 77.6 Å². The summed E-state index contributed by atoms with van der Waals surface area (Å²) >= 11 is 1.62. The van der Waals surface area contributed by atoms with Gasteiger partial charge >= 0.3 is 0 Å². The molecule has 4 rings (SSSR count). The molecule has 150 valence electrons. The minimum atomic E-state index is -0.291. The normalized spacial score (nSPS) is 11.1. The monoisotopic (exact) mass is 417 g/mol. The van der Waals surface area contributed by atoms with Crippen molar-refractivity contribution in [1.82, 2.24) is 9.78 Å². The van der Waals surface area contributed by atoms with Crippen molar-refractivity contribution in [2.45, 2.75) is 16.5 Å². The topological polar surface area (TPSA) is 39.4 Å². The van der Waals surface area contributed by atoms with E-state index in [-0.39, 0.29) is 12.4 Å². The Morgan fingerprint density at radius 2 is 1.73 bits per heavy atom. The molecule has 1 aromatic heterocycles. The first-order chi connectivity index (χ1) is 14.7. The van der Waals surface area contributed by atoms with Gasteiger partial charge in [0.2, 0.25) is 0 Å². The van der Waals surface area contributed by atoms with E-state index in [1.54, 1.807) is 30.1 Å². The van der Waals surface area contributed by atoms with Crippen LogP contribution in [-0.4, -0.2) is 16.0 Å². The average Bonchev–Trinajstić information content (AvgIpc) is 3.08. The van der Waals surface area contributed by atoms with Crippen LogP contribution in [-0.2, 0) is 18.5 Å². The minimum Gasteiger partial charge on any atom is -0.391 e. The number of halogens is 1. The highest BCUT2D eigenvalue weighted by Gasteiger charge is 2.17. The summed E-state index contributed by atoms with van der Waals surface area (Å²) in [5.41, 5.74) is 3.42. The smallest absolute Gasteiger partial charge is 0.142 e. The fraction of sp³-hybridized carbons (Fsp3) is 0.0833. The molecule has 0 N–H and O–H groups in total. The van der Waals surface area contributed by atoms with E-state index in [0.717, 1.165) is 32.3 Å². The van der Waals surface area contributed by atoms with Crippen molar-refractivity contribution in [3.8, 4) is 11.3 Å². The Morgan fingerprint density at radius 1 is 1.00 bits per heavy atom. The quantitative estimate of drug-likeness (QED) is 0.276. The van der Waals surface area contributed by atoms with Crippen LogP contribution in [0.1, 0.15) is 11.1 Å². The third-order valence-electron chi connectivity index (χ3n) is 4.41. The molecule has 0 aliphatic carbocycles. The summed E-state index contributed by atoms with van der Waals surface area (Å²) in [4.78, 5) is 6.55. The van der Waals surface area contributed by atoms with Crippen LogP contribution in [0.5, 0.6) is 0 Å². The van der Waals surface area contributed by atoms with Gasteiger partial charge in [-0.2, -0.15) is 5.10 Å². The summed E-state index contributed by atoms with van der Waals surface area (Å²) in [5.74, 6) is -0.291. The van der Waals surface area contributed by atoms with Crippen LogP contribution in [0, 0.1) is 5.82 Å². The Morgan fingerprint density at radius 3 is 2.47 bits per heavy atom. The molecular formula is C24H20FN3OS. The number of nitrogens with zero attached hydrogens (tertiary/aromatic N) is 3. The summed E-state index contributed by atoms with van der Waals surface area (Å²) in [5, 5.41) is 9.84. The lowest BCUT2D eigenvalue weighted by molar-refractivity contribution is 0.132. The Hall–Kier alpha value is -3.38. The molecule has 0 saturated carbocycles. The van der Waals surface area contributed by atoms with Gasteiger partial charge in [-0.05, 0) is 29.8 Å². The van der Waals surface area contributed by atoms with Crippen molar-refractivity contribution in [2.75, 3.05) is 0 Å². The second-order valence-corrected chi connectivity index (χ2v) is 7.67. The number of oxime groups is 1. The van der Waals surface area contributed by atoms with Crippen molar-refractivity contribution in [3.05, 3.63) is 102 Å². The summed E-state index contributed by atoms with van der Waals surface area (Å²) < 4.78 is 15.2. The third-order valence-corrected chi connectivity index (χ3v) is 5.60. The molecule has 0 amide bonds. The summed E-state index contributed by atoms with van der Waals surface area (Å²) in [6.07, 6.45) is 1.68. The maximum Gasteiger partial charge on any atom is 0.142 e. The number of aromatic nitrogens is 2. The largest absolute Gasteiger partial charge is 0.391 e. The van der Waals surface area contributed by atoms with E-state index in [1.807, 2.05) is 60.3 Å². The molecule has 30 heavy (non-hydrogen) atoms. The zero-order chi connectivity index (χ0) is 20.8. The third kappa shape index (κ3) is 4.78. The van der Waals surface area contributed by atoms with Crippen LogP contribution >= 0.6 is 11.8 Å². The van der Waals surface area contributed by atoms with Gasteiger partial charge in [0.05, 0.1) is 11.8 Å². The number of rotatable bonds is 7. The lowest BCUT2D eigenvalue weighted by Crippen LogP contribution is -1.94. The summed E-state index contributed by atoms with van der Waals surface area (Å²) in [7, 11) is 1.92. The number of benzene rings is 3. The maximum absolute atomic E-state index is 13.3. The van der Waals surface area contributed by atoms with Crippen molar-refractivity contribution in [3.63, 3.8) is 0 Å². The van der Waals surface area contributed by atoms with Gasteiger partial charge < -0.3 is 4.84 Å². The second-order valence-electron chi connectivity index (χ2n) is 6.61. The first kappa shape index (κ1) is 19.9. The van der Waals surface area contributed by atoms with E-state index in [1.165, 1.54) is 12.1 Å². The highest BCUT2D eigenvalue weighted by Crippen LogP contribution is 2.34. The number of aryl methyl sites for hydroxylation is 1. The van der Waals surface area contributed by atoms with Gasteiger partial charge in [-0.15, -0.1) is 0 Å². The predicted molar refractivity (Wildman–Crippen MR) is 118 cm³/mol. The molecule has 0 spiro atoms. The Labute approximate surface area is 179 Å². The SMILES string of the molecule is Cn1nc(-c2ccccc2)c(/C=N\OCc2cccc(F)c2)c1Sc1ccccc1. The van der Waals surface area contributed by atoms with Gasteiger partial charge in [0, 0.05) is 17.5 Å². The maximum atomic E-state index is 13.3. The van der Waals surface area contributed by atoms with Crippen LogP contribution in [0.4, 0.5) is 4.39 Å². The van der Waals surface area contributed by atoms with E-state index >= 15 is 0 Å². The lowest BCUT2D eigenvalue weighted by Gasteiger charge is -2.04. The highest BCUT2D eigenvalue weighted by molar-refractivity contribution is 7.99. The van der Waals surface area contributed by atoms with Gasteiger partial charge in [-0.25, -0.2) is 4.39 Å². The molecule has 6 heteroatoms. The summed E-state index contributed by atoms with van der Waals surface area (Å²) in [6.45, 7) is 0.191. The standard InChI is InChI=1S/C24H20FN3OS/c1-28-24(30-21-13-6-3-7-14-21)22(23(27-28)19-10-4-2-5-11-19)16-26-29-17-18-9-8-12-20(25)15-18/h2-16H,17H2,1H3/b26-16-. The highest BCUT2D eigenvalue weighted by atomic mass is 32.2. The van der Waals surface area contributed by atoms with Gasteiger partial charge in [0.15, 0.2) is 0 Å². The van der Waals surface area contributed by atoms with E-state index in [4.69, 9.17) is 9.94 Å². The molecule has 0 aliphatic rings. The van der Waals surface area contributed by atoms with Crippen molar-refractivity contribution in [1.29, 1.82) is 0 Å². The first-order valence-electron chi connectivity index (χ1n) is 9.46. The van der Waals surface area contributed by atoms with Gasteiger partial charge in [-0.3, -0.25) is 4.68 Å². The number of hydrogen-bond donors (Lipinski definition) is 0. The van der Waals surface area contributed by atoms with Crippen LogP contribution in [0.25, 0.3) is 11.3 Å². The van der Waals surface area contributed by atoms with E-state index in [2.05, 4.69) is 17.3 Å². The fourth-order valence-electron chi connectivity index (χ4n) is 3.00. The molecule has 1 heterocycles. The number of hydrogen-bond acceptors (Lipinski definition) is 4. The molecule has 0 atom stereocenters. The van der Waals surface area contributed by atoms with Crippen molar-refractivity contribution in [2.24, 2.45) is 12.2 Å². The second kappa shape index (κ2) is 9.41. The zero-order valence-corrected chi connectivity index (χ0v) is 17.2. The van der Waals surface area contributed by atoms with Crippen LogP contribution < -0.4 is 0 Å². The van der Waals surface area contributed by atoms with Crippen LogP contribution in [0.15, 0.2) is 100 Å². The molecule has 0 radical (unpaired) electrons. The molecule has 0 saturated heterocycles. The molecule has 0 aliphatic heterocycles. The summed E-state index contributed by atoms with van der Waals surface area (Å²) in [6, 6.07) is 26.4. The Kier molecular flexibility index (Phi) is 6.25. The van der Waals surface area contributed by atoms with Gasteiger partial charge in [0.25, 0.3) is 0 Å². The van der Waals surface area contributed by atoms with E-state index in [9.17, 15) is 4.39 Å². The molecular weight excluding hydrogens is 397 g/mol. The Bertz CT molecular complexity index is 1140. The van der Waals surface area contributed by atoms with Crippen molar-refractivity contribution >= 4 is 18.0 Å². The molecule has 4 nitrogen and oxygen atoms in total. The first-order valence-corrected chi connectivity index (χ1v) is 10.3. The van der Waals surface area contributed by atoms with Crippen LogP contribution in [0.3, 0.4) is 0 Å². The molecule has 0 fully saturated rings. The minimum absolute atomic E-state index is 0.191. The Balaban J connectivity index is 1.63. The molecule has 3 aromatic carbocycles. The molecule has 4 aromatic rings. The van der Waals surface area contributed by atoms with Crippen molar-refractivity contribution < 1.29 is 9.23 Å². The molecule has 0 bridgehead atoms. The molecule has 0 unspecified atom stereocenters. The zero-order valence-electron chi connectivity index (χ0n) is 16.4. The van der Waals surface area contributed by atoms with Gasteiger partial charge in [0.1, 0.15) is 23.1 Å².